The smallest absolute Gasteiger partial charge is 0.420 e. The Morgan fingerprint density at radius 1 is 1.07 bits per heavy atom. The Morgan fingerprint density at radius 2 is 1.76 bits per heavy atom. The molecule has 0 aliphatic carbocycles. The first-order valence-corrected chi connectivity index (χ1v) is 14.7. The summed E-state index contributed by atoms with van der Waals surface area (Å²) in [4.78, 5) is 12.4. The van der Waals surface area contributed by atoms with Gasteiger partial charge in [0.05, 0.1) is 12.2 Å². The second-order valence-electron chi connectivity index (χ2n) is 11.6. The Balaban J connectivity index is 1.31. The van der Waals surface area contributed by atoms with Crippen LogP contribution in [0.5, 0.6) is 17.2 Å². The third-order valence-corrected chi connectivity index (χ3v) is 8.12. The summed E-state index contributed by atoms with van der Waals surface area (Å²) in [5.41, 5.74) is 8.77. The van der Waals surface area contributed by atoms with E-state index < -0.39 is 23.2 Å². The van der Waals surface area contributed by atoms with Crippen LogP contribution < -0.4 is 25.8 Å². The van der Waals surface area contributed by atoms with Crippen LogP contribution in [-0.2, 0) is 17.4 Å². The first-order chi connectivity index (χ1) is 21.2. The summed E-state index contributed by atoms with van der Waals surface area (Å²) in [7, 11) is 0. The number of aromatic hydroxyl groups is 1. The second-order valence-corrected chi connectivity index (χ2v) is 11.6. The molecule has 0 fully saturated rings. The molecular weight excluding hydrogens is 585 g/mol. The number of carbonyl (C=O) groups is 1. The van der Waals surface area contributed by atoms with E-state index in [1.165, 1.54) is 24.3 Å². The van der Waals surface area contributed by atoms with Crippen LogP contribution in [0, 0.1) is 26.2 Å². The zero-order chi connectivity index (χ0) is 32.9. The van der Waals surface area contributed by atoms with Gasteiger partial charge in [-0.05, 0) is 118 Å². The van der Waals surface area contributed by atoms with Crippen molar-refractivity contribution in [2.75, 3.05) is 17.2 Å². The number of fused-ring (bicyclic) bond motifs is 1. The van der Waals surface area contributed by atoms with Gasteiger partial charge in [0.15, 0.2) is 5.96 Å². The summed E-state index contributed by atoms with van der Waals surface area (Å²) < 4.78 is 53.7. The number of carbonyl (C=O) groups excluding carboxylic acids is 1. The summed E-state index contributed by atoms with van der Waals surface area (Å²) in [6.45, 7) is 7.85. The number of amides is 1. The number of guanidine groups is 1. The lowest BCUT2D eigenvalue weighted by Crippen LogP contribution is -2.37. The fourth-order valence-corrected chi connectivity index (χ4v) is 5.40. The van der Waals surface area contributed by atoms with Crippen molar-refractivity contribution in [3.63, 3.8) is 0 Å². The number of phenols is 1. The second kappa shape index (κ2) is 13.5. The predicted octanol–water partition coefficient (Wildman–Crippen LogP) is 7.63. The van der Waals surface area contributed by atoms with Crippen molar-refractivity contribution in [1.82, 2.24) is 0 Å². The topological polar surface area (TPSA) is 130 Å². The maximum absolute atomic E-state index is 13.9. The first-order valence-electron chi connectivity index (χ1n) is 14.7. The van der Waals surface area contributed by atoms with Gasteiger partial charge in [-0.2, -0.15) is 13.2 Å². The monoisotopic (exact) mass is 624 g/mol. The van der Waals surface area contributed by atoms with Crippen LogP contribution in [-0.4, -0.2) is 29.2 Å². The highest BCUT2D eigenvalue weighted by Crippen LogP contribution is 2.44. The molecule has 240 valence electrons. The maximum Gasteiger partial charge on any atom is 0.420 e. The molecule has 1 atom stereocenters. The Bertz CT molecular complexity index is 1600. The lowest BCUT2D eigenvalue weighted by molar-refractivity contribution is -0.139. The molecule has 1 aliphatic rings. The van der Waals surface area contributed by atoms with Gasteiger partial charge in [-0.15, -0.1) is 0 Å². The highest BCUT2D eigenvalue weighted by atomic mass is 19.4. The zero-order valence-corrected chi connectivity index (χ0v) is 25.8. The molecule has 1 amide bonds. The number of hydrogen-bond donors (Lipinski definition) is 5. The van der Waals surface area contributed by atoms with Crippen molar-refractivity contribution in [1.29, 1.82) is 5.41 Å². The molecule has 0 spiro atoms. The molecule has 1 heterocycles. The van der Waals surface area contributed by atoms with E-state index in [4.69, 9.17) is 20.6 Å². The summed E-state index contributed by atoms with van der Waals surface area (Å²) in [5, 5.41) is 22.7. The normalized spacial score (nSPS) is 16.2. The number of alkyl halides is 3. The average molecular weight is 625 g/mol. The van der Waals surface area contributed by atoms with Gasteiger partial charge in [0.2, 0.25) is 5.91 Å². The molecule has 1 aliphatic heterocycles. The predicted molar refractivity (Wildman–Crippen MR) is 170 cm³/mol. The van der Waals surface area contributed by atoms with Gasteiger partial charge in [-0.25, -0.2) is 0 Å². The average Bonchev–Trinajstić information content (AvgIpc) is 2.98. The fraction of sp³-hybridized carbons (Fsp3) is 0.353. The molecule has 6 N–H and O–H groups in total. The Hall–Kier alpha value is -4.67. The Kier molecular flexibility index (Phi) is 10.00. The van der Waals surface area contributed by atoms with E-state index >= 15 is 0 Å². The number of benzene rings is 3. The minimum Gasteiger partial charge on any atom is -0.507 e. The zero-order valence-electron chi connectivity index (χ0n) is 25.8. The molecule has 45 heavy (non-hydrogen) atoms. The number of nitrogens with two attached hydrogens (primary N) is 1. The third kappa shape index (κ3) is 8.29. The summed E-state index contributed by atoms with van der Waals surface area (Å²) >= 11 is 0. The number of halogens is 3. The molecule has 0 saturated carbocycles. The number of ether oxygens (including phenoxy) is 2. The molecule has 0 radical (unpaired) electrons. The van der Waals surface area contributed by atoms with Crippen molar-refractivity contribution < 1.29 is 32.5 Å². The van der Waals surface area contributed by atoms with E-state index in [0.717, 1.165) is 46.9 Å². The highest BCUT2D eigenvalue weighted by Gasteiger charge is 2.36. The van der Waals surface area contributed by atoms with E-state index in [1.54, 1.807) is 24.3 Å². The van der Waals surface area contributed by atoms with Gasteiger partial charge in [-0.3, -0.25) is 10.2 Å². The molecule has 3 aromatic rings. The van der Waals surface area contributed by atoms with Crippen molar-refractivity contribution >= 4 is 29.3 Å². The quantitative estimate of drug-likeness (QED) is 0.0683. The number of nitrogens with one attached hydrogen (secondary N) is 3. The van der Waals surface area contributed by atoms with Crippen molar-refractivity contribution in [3.05, 3.63) is 81.9 Å². The van der Waals surface area contributed by atoms with E-state index in [9.17, 15) is 23.1 Å². The summed E-state index contributed by atoms with van der Waals surface area (Å²) in [6.07, 6.45) is 1.54. The molecule has 11 heteroatoms. The molecule has 0 saturated heterocycles. The van der Waals surface area contributed by atoms with Gasteiger partial charge >= 0.3 is 6.18 Å². The lowest BCUT2D eigenvalue weighted by atomic mass is 9.85. The highest BCUT2D eigenvalue weighted by molar-refractivity contribution is 6.02. The van der Waals surface area contributed by atoms with Crippen LogP contribution in [0.25, 0.3) is 6.08 Å². The summed E-state index contributed by atoms with van der Waals surface area (Å²) in [5.74, 6) is 0.0285. The molecule has 1 unspecified atom stereocenters. The van der Waals surface area contributed by atoms with Crippen molar-refractivity contribution in [3.8, 4) is 17.2 Å². The molecule has 3 aromatic carbocycles. The van der Waals surface area contributed by atoms with Gasteiger partial charge < -0.3 is 30.9 Å². The SMILES string of the molecule is Cc1c(C)c2c(c(C)c1O)CCC(C)(CCCCOc1ccc(NC(=O)/C=C/c3ccc(NC(=N)N)cc3)cc1C(F)(F)F)O2. The van der Waals surface area contributed by atoms with Crippen LogP contribution >= 0.6 is 0 Å². The minimum absolute atomic E-state index is 0.0120. The van der Waals surface area contributed by atoms with Gasteiger partial charge in [0.25, 0.3) is 0 Å². The van der Waals surface area contributed by atoms with Crippen LogP contribution in [0.2, 0.25) is 0 Å². The molecule has 0 bridgehead atoms. The van der Waals surface area contributed by atoms with Crippen LogP contribution in [0.15, 0.2) is 48.5 Å². The van der Waals surface area contributed by atoms with Crippen molar-refractivity contribution in [2.45, 2.75) is 71.6 Å². The van der Waals surface area contributed by atoms with Crippen molar-refractivity contribution in [2.24, 2.45) is 5.73 Å². The van der Waals surface area contributed by atoms with Crippen LogP contribution in [0.3, 0.4) is 0 Å². The Morgan fingerprint density at radius 3 is 2.42 bits per heavy atom. The first kappa shape index (κ1) is 33.2. The van der Waals surface area contributed by atoms with Gasteiger partial charge in [-0.1, -0.05) is 12.1 Å². The fourth-order valence-electron chi connectivity index (χ4n) is 5.40. The molecular formula is C34H39F3N4O4. The number of anilines is 2. The van der Waals surface area contributed by atoms with E-state index in [-0.39, 0.29) is 24.0 Å². The summed E-state index contributed by atoms with van der Waals surface area (Å²) in [6, 6.07) is 10.2. The van der Waals surface area contributed by atoms with E-state index in [0.29, 0.717) is 36.3 Å². The van der Waals surface area contributed by atoms with Crippen LogP contribution in [0.1, 0.15) is 66.0 Å². The van der Waals surface area contributed by atoms with Gasteiger partial charge in [0.1, 0.15) is 22.8 Å². The molecule has 8 nitrogen and oxygen atoms in total. The number of unbranched alkanes of at least 4 members (excludes halogenated alkanes) is 1. The Labute approximate surface area is 260 Å². The number of phenolic OH excluding ortho intramolecular Hbond substituents is 1. The maximum atomic E-state index is 13.9. The van der Waals surface area contributed by atoms with E-state index in [1.807, 2.05) is 27.7 Å². The number of hydrogen-bond acceptors (Lipinski definition) is 5. The van der Waals surface area contributed by atoms with E-state index in [2.05, 4.69) is 10.6 Å². The third-order valence-electron chi connectivity index (χ3n) is 8.12. The minimum atomic E-state index is -4.68. The molecule has 4 rings (SSSR count). The lowest BCUT2D eigenvalue weighted by Gasteiger charge is -2.38. The molecule has 0 aromatic heterocycles. The van der Waals surface area contributed by atoms with Crippen LogP contribution in [0.4, 0.5) is 24.5 Å². The largest absolute Gasteiger partial charge is 0.507 e. The standard InChI is InChI=1S/C34H39F3N4O4/c1-20-21(2)31-26(22(3)30(20)43)15-17-33(4,45-31)16-5-6-18-44-28-13-12-25(19-27(28)34(35,36)37)40-29(42)14-9-23-7-10-24(11-8-23)41-32(38)39/h7-14,19,43H,5-6,15-18H2,1-4H3,(H,40,42)(H4,38,39,41)/b14-9+. The van der Waals surface area contributed by atoms with Gasteiger partial charge in [0, 0.05) is 23.0 Å². The number of rotatable bonds is 10.